The fourth-order valence-electron chi connectivity index (χ4n) is 2.75. The predicted molar refractivity (Wildman–Crippen MR) is 79.1 cm³/mol. The molecule has 3 nitrogen and oxygen atoms in total. The van der Waals surface area contributed by atoms with Gasteiger partial charge in [-0.2, -0.15) is 0 Å². The van der Waals surface area contributed by atoms with Crippen LogP contribution in [0.15, 0.2) is 41.0 Å². The van der Waals surface area contributed by atoms with Crippen LogP contribution in [-0.2, 0) is 6.42 Å². The molecule has 1 aliphatic heterocycles. The molecule has 3 heteroatoms. The Morgan fingerprint density at radius 1 is 1.35 bits per heavy atom. The summed E-state index contributed by atoms with van der Waals surface area (Å²) in [5.74, 6) is 1.99. The highest BCUT2D eigenvalue weighted by atomic mass is 16.5. The third-order valence-corrected chi connectivity index (χ3v) is 3.68. The van der Waals surface area contributed by atoms with Gasteiger partial charge in [0.2, 0.25) is 0 Å². The van der Waals surface area contributed by atoms with Crippen LogP contribution in [0.5, 0.6) is 5.75 Å². The van der Waals surface area contributed by atoms with Crippen molar-refractivity contribution >= 4 is 0 Å². The van der Waals surface area contributed by atoms with Gasteiger partial charge in [-0.3, -0.25) is 0 Å². The van der Waals surface area contributed by atoms with Gasteiger partial charge in [0, 0.05) is 6.42 Å². The quantitative estimate of drug-likeness (QED) is 0.900. The molecule has 2 unspecified atom stereocenters. The molecule has 0 aliphatic carbocycles. The van der Waals surface area contributed by atoms with E-state index in [1.807, 2.05) is 12.1 Å². The number of furan rings is 1. The molecule has 0 spiro atoms. The van der Waals surface area contributed by atoms with Gasteiger partial charge in [0.15, 0.2) is 0 Å². The first-order chi connectivity index (χ1) is 9.78. The minimum absolute atomic E-state index is 0.117. The van der Waals surface area contributed by atoms with Crippen molar-refractivity contribution in [3.8, 4) is 5.75 Å². The number of hydrogen-bond acceptors (Lipinski definition) is 3. The van der Waals surface area contributed by atoms with Gasteiger partial charge in [-0.15, -0.1) is 0 Å². The molecular weight excluding hydrogens is 250 g/mol. The van der Waals surface area contributed by atoms with E-state index in [-0.39, 0.29) is 12.1 Å². The van der Waals surface area contributed by atoms with Gasteiger partial charge in [-0.25, -0.2) is 0 Å². The molecular formula is C17H21NO2. The van der Waals surface area contributed by atoms with Gasteiger partial charge in [-0.1, -0.05) is 13.0 Å². The number of rotatable bonds is 5. The highest BCUT2D eigenvalue weighted by Gasteiger charge is 2.22. The van der Waals surface area contributed by atoms with Crippen LogP contribution in [0.3, 0.4) is 0 Å². The molecule has 1 aliphatic rings. The van der Waals surface area contributed by atoms with Crippen molar-refractivity contribution in [1.82, 2.24) is 5.32 Å². The molecule has 1 aromatic heterocycles. The van der Waals surface area contributed by atoms with E-state index in [1.165, 1.54) is 11.1 Å². The van der Waals surface area contributed by atoms with Crippen LogP contribution in [0.25, 0.3) is 0 Å². The lowest BCUT2D eigenvalue weighted by Crippen LogP contribution is -2.22. The van der Waals surface area contributed by atoms with Crippen molar-refractivity contribution in [2.45, 2.75) is 38.8 Å². The summed E-state index contributed by atoms with van der Waals surface area (Å²) in [6.07, 6.45) is 4.10. The maximum Gasteiger partial charge on any atom is 0.125 e. The summed E-state index contributed by atoms with van der Waals surface area (Å²) < 4.78 is 11.4. The Kier molecular flexibility index (Phi) is 3.79. The first-order valence-corrected chi connectivity index (χ1v) is 7.34. The average Bonchev–Trinajstić information content (AvgIpc) is 3.07. The van der Waals surface area contributed by atoms with E-state index in [9.17, 15) is 0 Å². The van der Waals surface area contributed by atoms with E-state index in [4.69, 9.17) is 9.15 Å². The molecule has 0 saturated carbocycles. The van der Waals surface area contributed by atoms with Gasteiger partial charge < -0.3 is 14.5 Å². The van der Waals surface area contributed by atoms with Gasteiger partial charge in [0.1, 0.15) is 17.6 Å². The summed E-state index contributed by atoms with van der Waals surface area (Å²) in [5, 5.41) is 3.56. The average molecular weight is 271 g/mol. The Morgan fingerprint density at radius 2 is 2.25 bits per heavy atom. The molecule has 1 N–H and O–H groups in total. The maximum atomic E-state index is 5.77. The Morgan fingerprint density at radius 3 is 3.00 bits per heavy atom. The minimum atomic E-state index is 0.117. The number of nitrogens with one attached hydrogen (secondary N) is 1. The molecule has 0 amide bonds. The lowest BCUT2D eigenvalue weighted by molar-refractivity contribution is 0.254. The predicted octanol–water partition coefficient (Wildman–Crippen LogP) is 3.69. The van der Waals surface area contributed by atoms with E-state index in [2.05, 4.69) is 37.4 Å². The van der Waals surface area contributed by atoms with E-state index in [1.54, 1.807) is 6.26 Å². The monoisotopic (exact) mass is 271 g/mol. The SMILES string of the molecule is CCCNC(c1ccc2c(c1)CC(C)O2)c1ccco1. The zero-order valence-corrected chi connectivity index (χ0v) is 12.1. The van der Waals surface area contributed by atoms with Crippen molar-refractivity contribution in [2.75, 3.05) is 6.54 Å². The second kappa shape index (κ2) is 5.71. The van der Waals surface area contributed by atoms with Crippen LogP contribution < -0.4 is 10.1 Å². The maximum absolute atomic E-state index is 5.77. The van der Waals surface area contributed by atoms with Crippen molar-refractivity contribution in [3.05, 3.63) is 53.5 Å². The van der Waals surface area contributed by atoms with Crippen molar-refractivity contribution in [1.29, 1.82) is 0 Å². The molecule has 3 rings (SSSR count). The van der Waals surface area contributed by atoms with E-state index in [0.717, 1.165) is 30.9 Å². The van der Waals surface area contributed by atoms with Crippen LogP contribution in [-0.4, -0.2) is 12.6 Å². The molecule has 0 fully saturated rings. The Balaban J connectivity index is 1.90. The standard InChI is InChI=1S/C17H21NO2/c1-3-8-18-17(16-5-4-9-19-16)13-6-7-15-14(11-13)10-12(2)20-15/h4-7,9,11-12,17-18H,3,8,10H2,1-2H3. The summed E-state index contributed by atoms with van der Waals surface area (Å²) in [7, 11) is 0. The van der Waals surface area contributed by atoms with Crippen molar-refractivity contribution in [2.24, 2.45) is 0 Å². The zero-order valence-electron chi connectivity index (χ0n) is 12.1. The number of hydrogen-bond donors (Lipinski definition) is 1. The summed E-state index contributed by atoms with van der Waals surface area (Å²) in [6.45, 7) is 5.25. The lowest BCUT2D eigenvalue weighted by atomic mass is 10.00. The fraction of sp³-hybridized carbons (Fsp3) is 0.412. The third kappa shape index (κ3) is 2.59. The van der Waals surface area contributed by atoms with Gasteiger partial charge in [0.05, 0.1) is 12.3 Å². The number of benzene rings is 1. The first-order valence-electron chi connectivity index (χ1n) is 7.34. The molecule has 2 aromatic rings. The topological polar surface area (TPSA) is 34.4 Å². The molecule has 2 atom stereocenters. The second-order valence-corrected chi connectivity index (χ2v) is 5.40. The molecule has 0 bridgehead atoms. The molecule has 0 radical (unpaired) electrons. The van der Waals surface area contributed by atoms with Crippen molar-refractivity contribution in [3.63, 3.8) is 0 Å². The lowest BCUT2D eigenvalue weighted by Gasteiger charge is -2.17. The van der Waals surface area contributed by atoms with E-state index >= 15 is 0 Å². The van der Waals surface area contributed by atoms with Crippen molar-refractivity contribution < 1.29 is 9.15 Å². The van der Waals surface area contributed by atoms with E-state index < -0.39 is 0 Å². The zero-order chi connectivity index (χ0) is 13.9. The van der Waals surface area contributed by atoms with Gasteiger partial charge in [-0.05, 0) is 55.3 Å². The van der Waals surface area contributed by atoms with Gasteiger partial charge >= 0.3 is 0 Å². The highest BCUT2D eigenvalue weighted by molar-refractivity contribution is 5.42. The largest absolute Gasteiger partial charge is 0.490 e. The van der Waals surface area contributed by atoms with Crippen LogP contribution in [0.4, 0.5) is 0 Å². The minimum Gasteiger partial charge on any atom is -0.490 e. The van der Waals surface area contributed by atoms with Crippen LogP contribution in [0.2, 0.25) is 0 Å². The van der Waals surface area contributed by atoms with Crippen LogP contribution >= 0.6 is 0 Å². The van der Waals surface area contributed by atoms with E-state index in [0.29, 0.717) is 0 Å². The molecule has 106 valence electrons. The molecule has 0 saturated heterocycles. The smallest absolute Gasteiger partial charge is 0.125 e. The normalized spacial score (nSPS) is 18.6. The Hall–Kier alpha value is -1.74. The summed E-state index contributed by atoms with van der Waals surface area (Å²) in [5.41, 5.74) is 2.54. The second-order valence-electron chi connectivity index (χ2n) is 5.40. The molecule has 1 aromatic carbocycles. The summed E-state index contributed by atoms with van der Waals surface area (Å²) >= 11 is 0. The molecule has 20 heavy (non-hydrogen) atoms. The summed E-state index contributed by atoms with van der Waals surface area (Å²) in [6, 6.07) is 10.5. The van der Waals surface area contributed by atoms with Crippen LogP contribution in [0.1, 0.15) is 43.2 Å². The molecule has 2 heterocycles. The third-order valence-electron chi connectivity index (χ3n) is 3.68. The number of fused-ring (bicyclic) bond motifs is 1. The Bertz CT molecular complexity index is 562. The summed E-state index contributed by atoms with van der Waals surface area (Å²) in [4.78, 5) is 0. The van der Waals surface area contributed by atoms with Crippen LogP contribution in [0, 0.1) is 0 Å². The number of ether oxygens (including phenoxy) is 1. The fourth-order valence-corrected chi connectivity index (χ4v) is 2.75. The van der Waals surface area contributed by atoms with Gasteiger partial charge in [0.25, 0.3) is 0 Å². The highest BCUT2D eigenvalue weighted by Crippen LogP contribution is 2.32. The Labute approximate surface area is 119 Å². The first kappa shape index (κ1) is 13.3.